The molecule has 21 heavy (non-hydrogen) atoms. The Kier molecular flexibility index (Phi) is 5.37. The van der Waals surface area contributed by atoms with Gasteiger partial charge in [-0.05, 0) is 19.9 Å². The van der Waals surface area contributed by atoms with Gasteiger partial charge in [-0.15, -0.1) is 11.6 Å². The molecule has 0 atom stereocenters. The fraction of sp³-hybridized carbons (Fsp3) is 0.400. The van der Waals surface area contributed by atoms with E-state index in [1.165, 1.54) is 0 Å². The smallest absolute Gasteiger partial charge is 0.166 e. The SMILES string of the molecule is CCn1nc(C)c(Cl)c1COc1c(CCl)cccc1OC. The minimum absolute atomic E-state index is 0.317. The second kappa shape index (κ2) is 7.05. The summed E-state index contributed by atoms with van der Waals surface area (Å²) in [5, 5.41) is 5.01. The maximum atomic E-state index is 6.29. The molecule has 0 aliphatic rings. The molecule has 1 aromatic carbocycles. The molecule has 0 saturated heterocycles. The van der Waals surface area contributed by atoms with E-state index in [2.05, 4.69) is 5.10 Å². The number of nitrogens with zero attached hydrogens (tertiary/aromatic N) is 2. The zero-order valence-electron chi connectivity index (χ0n) is 12.3. The van der Waals surface area contributed by atoms with Crippen LogP contribution in [0.15, 0.2) is 18.2 Å². The largest absolute Gasteiger partial charge is 0.493 e. The highest BCUT2D eigenvalue weighted by Crippen LogP contribution is 2.33. The predicted octanol–water partition coefficient (Wildman–Crippen LogP) is 4.19. The van der Waals surface area contributed by atoms with E-state index < -0.39 is 0 Å². The van der Waals surface area contributed by atoms with E-state index in [4.69, 9.17) is 32.7 Å². The van der Waals surface area contributed by atoms with Gasteiger partial charge in [0.05, 0.1) is 29.4 Å². The van der Waals surface area contributed by atoms with Crippen molar-refractivity contribution in [2.24, 2.45) is 0 Å². The Labute approximate surface area is 134 Å². The summed E-state index contributed by atoms with van der Waals surface area (Å²) in [4.78, 5) is 0. The van der Waals surface area contributed by atoms with Gasteiger partial charge in [-0.2, -0.15) is 5.10 Å². The van der Waals surface area contributed by atoms with E-state index in [0.717, 1.165) is 23.5 Å². The van der Waals surface area contributed by atoms with Gasteiger partial charge in [-0.1, -0.05) is 23.7 Å². The first-order valence-corrected chi connectivity index (χ1v) is 7.60. The third-order valence-electron chi connectivity index (χ3n) is 3.23. The van der Waals surface area contributed by atoms with Crippen molar-refractivity contribution in [1.29, 1.82) is 0 Å². The summed E-state index contributed by atoms with van der Waals surface area (Å²) >= 11 is 12.2. The Bertz CT molecular complexity index is 604. The molecule has 0 bridgehead atoms. The number of hydrogen-bond acceptors (Lipinski definition) is 3. The van der Waals surface area contributed by atoms with E-state index in [1.807, 2.05) is 36.7 Å². The van der Waals surface area contributed by atoms with Crippen molar-refractivity contribution in [3.63, 3.8) is 0 Å². The molecular weight excluding hydrogens is 311 g/mol. The van der Waals surface area contributed by atoms with Gasteiger partial charge < -0.3 is 9.47 Å². The van der Waals surface area contributed by atoms with Crippen LogP contribution < -0.4 is 9.47 Å². The Morgan fingerprint density at radius 1 is 1.33 bits per heavy atom. The van der Waals surface area contributed by atoms with Crippen molar-refractivity contribution in [2.75, 3.05) is 7.11 Å². The quantitative estimate of drug-likeness (QED) is 0.746. The molecule has 0 N–H and O–H groups in total. The molecule has 6 heteroatoms. The molecule has 4 nitrogen and oxygen atoms in total. The highest BCUT2D eigenvalue weighted by Gasteiger charge is 2.16. The Balaban J connectivity index is 2.28. The molecule has 0 radical (unpaired) electrons. The van der Waals surface area contributed by atoms with Gasteiger partial charge in [0, 0.05) is 12.1 Å². The molecule has 1 heterocycles. The summed E-state index contributed by atoms with van der Waals surface area (Å²) in [5.74, 6) is 1.66. The van der Waals surface area contributed by atoms with E-state index in [0.29, 0.717) is 29.0 Å². The van der Waals surface area contributed by atoms with Gasteiger partial charge in [-0.3, -0.25) is 4.68 Å². The average molecular weight is 329 g/mol. The monoisotopic (exact) mass is 328 g/mol. The summed E-state index contributed by atoms with van der Waals surface area (Å²) in [7, 11) is 1.60. The van der Waals surface area contributed by atoms with Crippen LogP contribution in [0, 0.1) is 6.92 Å². The number of aryl methyl sites for hydroxylation is 2. The van der Waals surface area contributed by atoms with Crippen molar-refractivity contribution in [3.8, 4) is 11.5 Å². The van der Waals surface area contributed by atoms with E-state index in [-0.39, 0.29) is 0 Å². The number of benzene rings is 1. The standard InChI is InChI=1S/C15H18Cl2N2O2/c1-4-19-12(14(17)10(2)18-19)9-21-15-11(8-16)6-5-7-13(15)20-3/h5-7H,4,8-9H2,1-3H3. The lowest BCUT2D eigenvalue weighted by Crippen LogP contribution is -2.08. The predicted molar refractivity (Wildman–Crippen MR) is 84.5 cm³/mol. The molecule has 0 fully saturated rings. The Morgan fingerprint density at radius 2 is 2.10 bits per heavy atom. The minimum Gasteiger partial charge on any atom is -0.493 e. The third kappa shape index (κ3) is 3.27. The number of aromatic nitrogens is 2. The van der Waals surface area contributed by atoms with Crippen molar-refractivity contribution < 1.29 is 9.47 Å². The minimum atomic E-state index is 0.317. The fourth-order valence-electron chi connectivity index (χ4n) is 2.14. The van der Waals surface area contributed by atoms with Crippen LogP contribution >= 0.6 is 23.2 Å². The molecule has 114 valence electrons. The van der Waals surface area contributed by atoms with Crippen LogP contribution in [0.2, 0.25) is 5.02 Å². The van der Waals surface area contributed by atoms with Crippen LogP contribution in [0.4, 0.5) is 0 Å². The van der Waals surface area contributed by atoms with E-state index in [1.54, 1.807) is 7.11 Å². The average Bonchev–Trinajstić information content (AvgIpc) is 2.79. The van der Waals surface area contributed by atoms with E-state index >= 15 is 0 Å². The lowest BCUT2D eigenvalue weighted by molar-refractivity contribution is 0.272. The van der Waals surface area contributed by atoms with Gasteiger partial charge in [-0.25, -0.2) is 0 Å². The number of methoxy groups -OCH3 is 1. The lowest BCUT2D eigenvalue weighted by atomic mass is 10.2. The van der Waals surface area contributed by atoms with Gasteiger partial charge in [0.25, 0.3) is 0 Å². The van der Waals surface area contributed by atoms with Gasteiger partial charge >= 0.3 is 0 Å². The van der Waals surface area contributed by atoms with Crippen molar-refractivity contribution in [1.82, 2.24) is 9.78 Å². The summed E-state index contributed by atoms with van der Waals surface area (Å²) in [5.41, 5.74) is 2.53. The summed E-state index contributed by atoms with van der Waals surface area (Å²) in [6.07, 6.45) is 0. The fourth-order valence-corrected chi connectivity index (χ4v) is 2.54. The van der Waals surface area contributed by atoms with Crippen LogP contribution in [-0.2, 0) is 19.0 Å². The van der Waals surface area contributed by atoms with Crippen molar-refractivity contribution in [3.05, 3.63) is 40.2 Å². The second-order valence-electron chi connectivity index (χ2n) is 4.53. The molecule has 0 unspecified atom stereocenters. The molecule has 2 rings (SSSR count). The maximum Gasteiger partial charge on any atom is 0.166 e. The van der Waals surface area contributed by atoms with Crippen molar-refractivity contribution >= 4 is 23.2 Å². The summed E-state index contributed by atoms with van der Waals surface area (Å²) in [6.45, 7) is 4.95. The molecule has 0 aliphatic heterocycles. The van der Waals surface area contributed by atoms with Crippen LogP contribution in [0.3, 0.4) is 0 Å². The number of alkyl halides is 1. The van der Waals surface area contributed by atoms with Crippen molar-refractivity contribution in [2.45, 2.75) is 32.9 Å². The van der Waals surface area contributed by atoms with Crippen LogP contribution in [0.5, 0.6) is 11.5 Å². The number of para-hydroxylation sites is 1. The molecule has 0 aliphatic carbocycles. The van der Waals surface area contributed by atoms with Crippen LogP contribution in [0.25, 0.3) is 0 Å². The van der Waals surface area contributed by atoms with E-state index in [9.17, 15) is 0 Å². The molecule has 0 amide bonds. The van der Waals surface area contributed by atoms with Crippen LogP contribution in [-0.4, -0.2) is 16.9 Å². The first-order valence-electron chi connectivity index (χ1n) is 6.68. The zero-order chi connectivity index (χ0) is 15.4. The highest BCUT2D eigenvalue weighted by molar-refractivity contribution is 6.31. The third-order valence-corrected chi connectivity index (χ3v) is 4.01. The summed E-state index contributed by atoms with van der Waals surface area (Å²) in [6, 6.07) is 5.64. The van der Waals surface area contributed by atoms with Gasteiger partial charge in [0.15, 0.2) is 11.5 Å². The normalized spacial score (nSPS) is 10.7. The topological polar surface area (TPSA) is 36.3 Å². The molecular formula is C15H18Cl2N2O2. The zero-order valence-corrected chi connectivity index (χ0v) is 13.8. The Morgan fingerprint density at radius 3 is 2.71 bits per heavy atom. The van der Waals surface area contributed by atoms with Crippen LogP contribution in [0.1, 0.15) is 23.9 Å². The number of hydrogen-bond donors (Lipinski definition) is 0. The first-order chi connectivity index (χ1) is 10.1. The lowest BCUT2D eigenvalue weighted by Gasteiger charge is -2.14. The number of rotatable bonds is 6. The highest BCUT2D eigenvalue weighted by atomic mass is 35.5. The molecule has 1 aromatic heterocycles. The maximum absolute atomic E-state index is 6.29. The molecule has 0 spiro atoms. The summed E-state index contributed by atoms with van der Waals surface area (Å²) < 4.78 is 13.1. The number of halogens is 2. The first kappa shape index (κ1) is 16.0. The van der Waals surface area contributed by atoms with Gasteiger partial charge in [0.1, 0.15) is 6.61 Å². The second-order valence-corrected chi connectivity index (χ2v) is 5.18. The van der Waals surface area contributed by atoms with Gasteiger partial charge in [0.2, 0.25) is 0 Å². The Hall–Kier alpha value is -1.39. The molecule has 2 aromatic rings. The number of ether oxygens (including phenoxy) is 2. The molecule has 0 saturated carbocycles.